The Kier molecular flexibility index (Phi) is 4.64. The summed E-state index contributed by atoms with van der Waals surface area (Å²) in [6.45, 7) is 0.389. The Morgan fingerprint density at radius 2 is 2.00 bits per heavy atom. The standard InChI is InChI=1S/C18H17ClN4O/c19-12-4-1-3-11(9-12)16(10-20)23-15-7-8-22-17-13(15)5-2-6-14(17)18(21)24/h1-9,16H,10,20H2,(H2,21,24)(H,22,23)/t16-/m1/s1. The molecule has 5 nitrogen and oxygen atoms in total. The van der Waals surface area contributed by atoms with Gasteiger partial charge in [0.2, 0.25) is 0 Å². The molecule has 0 fully saturated rings. The van der Waals surface area contributed by atoms with Gasteiger partial charge in [0.25, 0.3) is 5.91 Å². The van der Waals surface area contributed by atoms with Crippen LogP contribution in [0.15, 0.2) is 54.7 Å². The van der Waals surface area contributed by atoms with E-state index in [1.807, 2.05) is 36.4 Å². The molecule has 24 heavy (non-hydrogen) atoms. The third-order valence-corrected chi connectivity index (χ3v) is 4.09. The molecule has 0 aliphatic rings. The summed E-state index contributed by atoms with van der Waals surface area (Å²) in [7, 11) is 0. The van der Waals surface area contributed by atoms with E-state index in [4.69, 9.17) is 23.1 Å². The average Bonchev–Trinajstić information content (AvgIpc) is 2.59. The van der Waals surface area contributed by atoms with Crippen LogP contribution in [0.4, 0.5) is 5.69 Å². The molecule has 1 heterocycles. The van der Waals surface area contributed by atoms with Gasteiger partial charge in [0.15, 0.2) is 0 Å². The van der Waals surface area contributed by atoms with Gasteiger partial charge < -0.3 is 16.8 Å². The first-order valence-electron chi connectivity index (χ1n) is 7.49. The number of fused-ring (bicyclic) bond motifs is 1. The van der Waals surface area contributed by atoms with Gasteiger partial charge in [0, 0.05) is 28.8 Å². The van der Waals surface area contributed by atoms with E-state index in [9.17, 15) is 4.79 Å². The maximum Gasteiger partial charge on any atom is 0.250 e. The molecule has 2 aromatic carbocycles. The molecule has 5 N–H and O–H groups in total. The minimum absolute atomic E-state index is 0.119. The van der Waals surface area contributed by atoms with Crippen LogP contribution in [0.1, 0.15) is 22.0 Å². The number of para-hydroxylation sites is 1. The number of aromatic nitrogens is 1. The van der Waals surface area contributed by atoms with E-state index in [1.165, 1.54) is 0 Å². The van der Waals surface area contributed by atoms with Gasteiger partial charge in [-0.25, -0.2) is 0 Å². The Balaban J connectivity index is 2.03. The van der Waals surface area contributed by atoms with E-state index in [2.05, 4.69) is 10.3 Å². The summed E-state index contributed by atoms with van der Waals surface area (Å²) >= 11 is 6.07. The number of rotatable bonds is 5. The van der Waals surface area contributed by atoms with Crippen LogP contribution in [-0.2, 0) is 0 Å². The number of primary amides is 1. The number of amides is 1. The third kappa shape index (κ3) is 3.18. The highest BCUT2D eigenvalue weighted by molar-refractivity contribution is 6.30. The zero-order valence-electron chi connectivity index (χ0n) is 12.9. The molecule has 0 aliphatic heterocycles. The number of hydrogen-bond donors (Lipinski definition) is 3. The lowest BCUT2D eigenvalue weighted by atomic mass is 10.0. The van der Waals surface area contributed by atoms with Crippen LogP contribution in [0.25, 0.3) is 10.9 Å². The topological polar surface area (TPSA) is 94.0 Å². The number of halogens is 1. The predicted molar refractivity (Wildman–Crippen MR) is 97.1 cm³/mol. The summed E-state index contributed by atoms with van der Waals surface area (Å²) in [4.78, 5) is 15.9. The highest BCUT2D eigenvalue weighted by Gasteiger charge is 2.14. The number of hydrogen-bond acceptors (Lipinski definition) is 4. The van der Waals surface area contributed by atoms with Gasteiger partial charge in [-0.05, 0) is 29.8 Å². The first-order valence-corrected chi connectivity index (χ1v) is 7.87. The second-order valence-electron chi connectivity index (χ2n) is 5.41. The molecule has 0 aliphatic carbocycles. The lowest BCUT2D eigenvalue weighted by Gasteiger charge is -2.20. The largest absolute Gasteiger partial charge is 0.376 e. The number of nitrogens with zero attached hydrogens (tertiary/aromatic N) is 1. The van der Waals surface area contributed by atoms with E-state index in [-0.39, 0.29) is 6.04 Å². The summed E-state index contributed by atoms with van der Waals surface area (Å²) in [5.41, 5.74) is 14.1. The van der Waals surface area contributed by atoms with Gasteiger partial charge in [-0.2, -0.15) is 0 Å². The fourth-order valence-electron chi connectivity index (χ4n) is 2.69. The molecular formula is C18H17ClN4O. The van der Waals surface area contributed by atoms with E-state index in [1.54, 1.807) is 18.3 Å². The fraction of sp³-hybridized carbons (Fsp3) is 0.111. The average molecular weight is 341 g/mol. The van der Waals surface area contributed by atoms with Crippen molar-refractivity contribution in [2.75, 3.05) is 11.9 Å². The van der Waals surface area contributed by atoms with Gasteiger partial charge in [0.1, 0.15) is 0 Å². The molecule has 1 atom stereocenters. The fourth-order valence-corrected chi connectivity index (χ4v) is 2.89. The summed E-state index contributed by atoms with van der Waals surface area (Å²) < 4.78 is 0. The minimum atomic E-state index is -0.504. The van der Waals surface area contributed by atoms with Gasteiger partial charge in [-0.3, -0.25) is 9.78 Å². The number of anilines is 1. The SMILES string of the molecule is NC[C@@H](Nc1ccnc2c(C(N)=O)cccc12)c1cccc(Cl)c1. The minimum Gasteiger partial charge on any atom is -0.376 e. The molecule has 122 valence electrons. The Hall–Kier alpha value is -2.63. The van der Waals surface area contributed by atoms with Crippen molar-refractivity contribution >= 4 is 34.1 Å². The number of carbonyl (C=O) groups excluding carboxylic acids is 1. The lowest BCUT2D eigenvalue weighted by Crippen LogP contribution is -2.21. The van der Waals surface area contributed by atoms with Crippen molar-refractivity contribution in [1.29, 1.82) is 0 Å². The summed E-state index contributed by atoms with van der Waals surface area (Å²) in [5, 5.41) is 4.88. The van der Waals surface area contributed by atoms with E-state index in [0.29, 0.717) is 22.6 Å². The van der Waals surface area contributed by atoms with Crippen LogP contribution in [0.5, 0.6) is 0 Å². The number of carbonyl (C=O) groups is 1. The summed E-state index contributed by atoms with van der Waals surface area (Å²) in [6, 6.07) is 14.6. The molecule has 1 amide bonds. The molecule has 0 saturated carbocycles. The van der Waals surface area contributed by atoms with Gasteiger partial charge in [-0.15, -0.1) is 0 Å². The molecule has 0 radical (unpaired) electrons. The van der Waals surface area contributed by atoms with E-state index in [0.717, 1.165) is 16.6 Å². The maximum absolute atomic E-state index is 11.6. The lowest BCUT2D eigenvalue weighted by molar-refractivity contribution is 0.100. The zero-order chi connectivity index (χ0) is 17.1. The molecular weight excluding hydrogens is 324 g/mol. The first-order chi connectivity index (χ1) is 11.6. The summed E-state index contributed by atoms with van der Waals surface area (Å²) in [6.07, 6.45) is 1.64. The van der Waals surface area contributed by atoms with Crippen molar-refractivity contribution < 1.29 is 4.79 Å². The molecule has 1 aromatic heterocycles. The smallest absolute Gasteiger partial charge is 0.250 e. The molecule has 0 saturated heterocycles. The predicted octanol–water partition coefficient (Wildman–Crippen LogP) is 3.10. The number of benzene rings is 2. The molecule has 0 bridgehead atoms. The number of nitrogens with one attached hydrogen (secondary N) is 1. The Bertz CT molecular complexity index is 897. The monoisotopic (exact) mass is 340 g/mol. The van der Waals surface area contributed by atoms with Crippen LogP contribution in [0.3, 0.4) is 0 Å². The van der Waals surface area contributed by atoms with Gasteiger partial charge >= 0.3 is 0 Å². The van der Waals surface area contributed by atoms with Crippen molar-refractivity contribution in [3.05, 3.63) is 70.9 Å². The van der Waals surface area contributed by atoms with Gasteiger partial charge in [-0.1, -0.05) is 35.9 Å². The Morgan fingerprint density at radius 1 is 1.21 bits per heavy atom. The molecule has 6 heteroatoms. The second-order valence-corrected chi connectivity index (χ2v) is 5.85. The van der Waals surface area contributed by atoms with Crippen molar-refractivity contribution in [2.24, 2.45) is 11.5 Å². The highest BCUT2D eigenvalue weighted by Crippen LogP contribution is 2.28. The molecule has 0 unspecified atom stereocenters. The van der Waals surface area contributed by atoms with E-state index < -0.39 is 5.91 Å². The van der Waals surface area contributed by atoms with Crippen LogP contribution in [-0.4, -0.2) is 17.4 Å². The maximum atomic E-state index is 11.6. The zero-order valence-corrected chi connectivity index (χ0v) is 13.6. The van der Waals surface area contributed by atoms with Crippen molar-refractivity contribution in [2.45, 2.75) is 6.04 Å². The molecule has 3 rings (SSSR count). The highest BCUT2D eigenvalue weighted by atomic mass is 35.5. The second kappa shape index (κ2) is 6.86. The van der Waals surface area contributed by atoms with Crippen LogP contribution in [0, 0.1) is 0 Å². The van der Waals surface area contributed by atoms with Crippen LogP contribution < -0.4 is 16.8 Å². The summed E-state index contributed by atoms with van der Waals surface area (Å²) in [5.74, 6) is -0.504. The first kappa shape index (κ1) is 16.2. The van der Waals surface area contributed by atoms with Crippen LogP contribution in [0.2, 0.25) is 5.02 Å². The van der Waals surface area contributed by atoms with Crippen molar-refractivity contribution in [1.82, 2.24) is 4.98 Å². The van der Waals surface area contributed by atoms with Gasteiger partial charge in [0.05, 0.1) is 17.1 Å². The molecule has 0 spiro atoms. The molecule has 3 aromatic rings. The number of pyridine rings is 1. The van der Waals surface area contributed by atoms with E-state index >= 15 is 0 Å². The normalized spacial score (nSPS) is 12.1. The Labute approximate surface area is 144 Å². The van der Waals surface area contributed by atoms with Crippen molar-refractivity contribution in [3.8, 4) is 0 Å². The number of nitrogens with two attached hydrogens (primary N) is 2. The van der Waals surface area contributed by atoms with Crippen LogP contribution >= 0.6 is 11.6 Å². The quantitative estimate of drug-likeness (QED) is 0.665. The van der Waals surface area contributed by atoms with Crippen molar-refractivity contribution in [3.63, 3.8) is 0 Å². The Morgan fingerprint density at radius 3 is 2.71 bits per heavy atom. The third-order valence-electron chi connectivity index (χ3n) is 3.85.